The van der Waals surface area contributed by atoms with Gasteiger partial charge in [0.2, 0.25) is 0 Å². The summed E-state index contributed by atoms with van der Waals surface area (Å²) in [4.78, 5) is 22.5. The summed E-state index contributed by atoms with van der Waals surface area (Å²) < 4.78 is 0. The van der Waals surface area contributed by atoms with E-state index in [-0.39, 0.29) is 11.3 Å². The average molecular weight is 232 g/mol. The lowest BCUT2D eigenvalue weighted by Gasteiger charge is -2.19. The Morgan fingerprint density at radius 2 is 1.65 bits per heavy atom. The number of imide groups is 1. The second kappa shape index (κ2) is 3.87. The van der Waals surface area contributed by atoms with Crippen LogP contribution in [0, 0.1) is 0 Å². The van der Waals surface area contributed by atoms with E-state index >= 15 is 0 Å². The van der Waals surface area contributed by atoms with Crippen molar-refractivity contribution < 1.29 is 9.59 Å². The van der Waals surface area contributed by atoms with E-state index in [1.54, 1.807) is 0 Å². The Hall–Kier alpha value is -1.84. The Morgan fingerprint density at radius 3 is 2.06 bits per heavy atom. The Labute approximate surface area is 100 Å². The quantitative estimate of drug-likeness (QED) is 0.726. The molecule has 2 rings (SSSR count). The van der Waals surface area contributed by atoms with Gasteiger partial charge in [-0.2, -0.15) is 0 Å². The van der Waals surface area contributed by atoms with Gasteiger partial charge in [-0.25, -0.2) is 4.79 Å². The first-order valence-corrected chi connectivity index (χ1v) is 5.60. The summed E-state index contributed by atoms with van der Waals surface area (Å²) in [6.07, 6.45) is 0. The smallest absolute Gasteiger partial charge is 0.322 e. The molecule has 1 aromatic carbocycles. The molecule has 1 fully saturated rings. The number of rotatable bonds is 1. The number of urea groups is 1. The molecule has 1 saturated heterocycles. The molecule has 90 valence electrons. The van der Waals surface area contributed by atoms with E-state index in [1.165, 1.54) is 5.56 Å². The van der Waals surface area contributed by atoms with Gasteiger partial charge in [-0.15, -0.1) is 0 Å². The highest BCUT2D eigenvalue weighted by atomic mass is 16.2. The van der Waals surface area contributed by atoms with E-state index < -0.39 is 12.1 Å². The fraction of sp³-hybridized carbons (Fsp3) is 0.385. The van der Waals surface area contributed by atoms with Crippen LogP contribution in [0.25, 0.3) is 0 Å². The Bertz CT molecular complexity index is 457. The van der Waals surface area contributed by atoms with Crippen LogP contribution in [-0.4, -0.2) is 11.9 Å². The van der Waals surface area contributed by atoms with Crippen molar-refractivity contribution in [1.29, 1.82) is 0 Å². The zero-order valence-corrected chi connectivity index (χ0v) is 10.2. The molecule has 0 radical (unpaired) electrons. The third-order valence-electron chi connectivity index (χ3n) is 2.88. The van der Waals surface area contributed by atoms with Crippen molar-refractivity contribution in [2.45, 2.75) is 32.2 Å². The highest BCUT2D eigenvalue weighted by Crippen LogP contribution is 2.24. The first-order valence-electron chi connectivity index (χ1n) is 5.60. The van der Waals surface area contributed by atoms with Gasteiger partial charge in [0.15, 0.2) is 0 Å². The monoisotopic (exact) mass is 232 g/mol. The maximum Gasteiger partial charge on any atom is 0.322 e. The highest BCUT2D eigenvalue weighted by molar-refractivity contribution is 6.04. The van der Waals surface area contributed by atoms with Crippen LogP contribution in [0.15, 0.2) is 24.3 Å². The number of amides is 3. The standard InChI is InChI=1S/C13H16N2O2/c1-13(2,3)9-6-4-8(5-7-9)10-11(16)15-12(17)14-10/h4-7,10H,1-3H3,(H2,14,15,16,17). The van der Waals surface area contributed by atoms with Gasteiger partial charge in [0.05, 0.1) is 0 Å². The molecule has 1 heterocycles. The van der Waals surface area contributed by atoms with E-state index in [1.807, 2.05) is 24.3 Å². The number of benzene rings is 1. The molecule has 4 nitrogen and oxygen atoms in total. The number of carbonyl (C=O) groups is 2. The van der Waals surface area contributed by atoms with Crippen molar-refractivity contribution in [1.82, 2.24) is 10.6 Å². The van der Waals surface area contributed by atoms with Crippen LogP contribution in [0.5, 0.6) is 0 Å². The minimum absolute atomic E-state index is 0.0830. The van der Waals surface area contributed by atoms with Crippen molar-refractivity contribution >= 4 is 11.9 Å². The molecule has 4 heteroatoms. The molecule has 3 amide bonds. The van der Waals surface area contributed by atoms with Crippen LogP contribution in [0.2, 0.25) is 0 Å². The maximum absolute atomic E-state index is 11.5. The minimum Gasteiger partial charge on any atom is -0.322 e. The fourth-order valence-corrected chi connectivity index (χ4v) is 1.83. The van der Waals surface area contributed by atoms with Crippen LogP contribution in [0.4, 0.5) is 4.79 Å². The minimum atomic E-state index is -0.559. The van der Waals surface area contributed by atoms with Crippen LogP contribution in [0.3, 0.4) is 0 Å². The van der Waals surface area contributed by atoms with Gasteiger partial charge in [0.1, 0.15) is 6.04 Å². The molecule has 2 N–H and O–H groups in total. The Balaban J connectivity index is 2.24. The molecule has 0 saturated carbocycles. The molecule has 1 unspecified atom stereocenters. The Morgan fingerprint density at radius 1 is 1.06 bits per heavy atom. The topological polar surface area (TPSA) is 58.2 Å². The van der Waals surface area contributed by atoms with Gasteiger partial charge in [-0.05, 0) is 16.5 Å². The zero-order chi connectivity index (χ0) is 12.6. The van der Waals surface area contributed by atoms with Crippen LogP contribution in [0.1, 0.15) is 37.9 Å². The lowest BCUT2D eigenvalue weighted by Crippen LogP contribution is -2.22. The Kier molecular flexibility index (Phi) is 2.65. The van der Waals surface area contributed by atoms with Gasteiger partial charge in [0.25, 0.3) is 5.91 Å². The van der Waals surface area contributed by atoms with E-state index in [4.69, 9.17) is 0 Å². The number of carbonyl (C=O) groups excluding carboxylic acids is 2. The number of hydrogen-bond donors (Lipinski definition) is 2. The van der Waals surface area contributed by atoms with Crippen molar-refractivity contribution in [3.8, 4) is 0 Å². The van der Waals surface area contributed by atoms with E-state index in [0.717, 1.165) is 5.56 Å². The fourth-order valence-electron chi connectivity index (χ4n) is 1.83. The summed E-state index contributed by atoms with van der Waals surface area (Å²) in [5.41, 5.74) is 2.09. The first kappa shape index (κ1) is 11.6. The molecule has 0 bridgehead atoms. The maximum atomic E-state index is 11.5. The van der Waals surface area contributed by atoms with E-state index in [2.05, 4.69) is 31.4 Å². The van der Waals surface area contributed by atoms with Gasteiger partial charge in [0, 0.05) is 0 Å². The number of nitrogens with one attached hydrogen (secondary N) is 2. The molecule has 0 aliphatic carbocycles. The van der Waals surface area contributed by atoms with E-state index in [9.17, 15) is 9.59 Å². The van der Waals surface area contributed by atoms with Crippen molar-refractivity contribution in [3.05, 3.63) is 35.4 Å². The summed E-state index contributed by atoms with van der Waals surface area (Å²) in [6, 6.07) is 6.77. The molecular formula is C13H16N2O2. The van der Waals surface area contributed by atoms with Crippen LogP contribution < -0.4 is 10.6 Å². The molecule has 1 aromatic rings. The molecule has 1 aliphatic heterocycles. The largest absolute Gasteiger partial charge is 0.322 e. The third kappa shape index (κ3) is 2.30. The number of hydrogen-bond acceptors (Lipinski definition) is 2. The van der Waals surface area contributed by atoms with Crippen LogP contribution in [-0.2, 0) is 10.2 Å². The summed E-state index contributed by atoms with van der Waals surface area (Å²) in [5, 5.41) is 4.80. The lowest BCUT2D eigenvalue weighted by molar-refractivity contribution is -0.120. The third-order valence-corrected chi connectivity index (χ3v) is 2.88. The molecule has 1 aliphatic rings. The predicted molar refractivity (Wildman–Crippen MR) is 64.6 cm³/mol. The van der Waals surface area contributed by atoms with Gasteiger partial charge in [-0.1, -0.05) is 45.0 Å². The van der Waals surface area contributed by atoms with Crippen molar-refractivity contribution in [2.24, 2.45) is 0 Å². The molecule has 0 aromatic heterocycles. The highest BCUT2D eigenvalue weighted by Gasteiger charge is 2.30. The molecule has 0 spiro atoms. The van der Waals surface area contributed by atoms with Gasteiger partial charge < -0.3 is 5.32 Å². The van der Waals surface area contributed by atoms with Crippen molar-refractivity contribution in [2.75, 3.05) is 0 Å². The van der Waals surface area contributed by atoms with Gasteiger partial charge >= 0.3 is 6.03 Å². The summed E-state index contributed by atoms with van der Waals surface area (Å²) in [7, 11) is 0. The second-order valence-electron chi connectivity index (χ2n) is 5.27. The SMILES string of the molecule is CC(C)(C)c1ccc(C2NC(=O)NC2=O)cc1. The summed E-state index contributed by atoms with van der Waals surface area (Å²) in [5.74, 6) is -0.293. The normalized spacial score (nSPS) is 20.1. The predicted octanol–water partition coefficient (Wildman–Crippen LogP) is 1.86. The first-order chi connectivity index (χ1) is 7.88. The zero-order valence-electron chi connectivity index (χ0n) is 10.2. The molecule has 17 heavy (non-hydrogen) atoms. The average Bonchev–Trinajstić information content (AvgIpc) is 2.57. The lowest BCUT2D eigenvalue weighted by atomic mass is 9.86. The van der Waals surface area contributed by atoms with E-state index in [0.29, 0.717) is 0 Å². The summed E-state index contributed by atoms with van der Waals surface area (Å²) in [6.45, 7) is 6.39. The van der Waals surface area contributed by atoms with Crippen LogP contribution >= 0.6 is 0 Å². The molecular weight excluding hydrogens is 216 g/mol. The van der Waals surface area contributed by atoms with Gasteiger partial charge in [-0.3, -0.25) is 10.1 Å². The van der Waals surface area contributed by atoms with Crippen molar-refractivity contribution in [3.63, 3.8) is 0 Å². The second-order valence-corrected chi connectivity index (χ2v) is 5.27. The molecule has 1 atom stereocenters. The summed E-state index contributed by atoms with van der Waals surface area (Å²) >= 11 is 0.